The number of nitrogens with one attached hydrogen (secondary N) is 1. The molecule has 1 aliphatic rings. The molecule has 0 spiro atoms. The Hall–Kier alpha value is -2.63. The quantitative estimate of drug-likeness (QED) is 0.596. The van der Waals surface area contributed by atoms with E-state index in [0.29, 0.717) is 35.1 Å². The lowest BCUT2D eigenvalue weighted by molar-refractivity contribution is -0.152. The van der Waals surface area contributed by atoms with Gasteiger partial charge in [-0.05, 0) is 38.0 Å². The first-order valence-corrected chi connectivity index (χ1v) is 11.7. The van der Waals surface area contributed by atoms with Gasteiger partial charge in [0.1, 0.15) is 11.6 Å². The van der Waals surface area contributed by atoms with E-state index >= 15 is 0 Å². The van der Waals surface area contributed by atoms with Crippen LogP contribution in [0.5, 0.6) is 5.75 Å². The minimum absolute atomic E-state index is 0.00774. The van der Waals surface area contributed by atoms with Crippen molar-refractivity contribution in [2.75, 3.05) is 32.1 Å². The molecule has 1 aromatic carbocycles. The zero-order valence-corrected chi connectivity index (χ0v) is 19.6. The molecule has 2 aromatic rings. The van der Waals surface area contributed by atoms with Gasteiger partial charge in [-0.3, -0.25) is 9.59 Å². The van der Waals surface area contributed by atoms with Crippen LogP contribution in [-0.2, 0) is 31.4 Å². The van der Waals surface area contributed by atoms with E-state index in [1.807, 2.05) is 0 Å². The fourth-order valence-electron chi connectivity index (χ4n) is 3.33. The largest absolute Gasteiger partial charge is 0.495 e. The van der Waals surface area contributed by atoms with Crippen LogP contribution in [0.2, 0.25) is 5.02 Å². The van der Waals surface area contributed by atoms with Crippen LogP contribution in [0.3, 0.4) is 0 Å². The smallest absolute Gasteiger partial charge is 0.309 e. The molecule has 0 atom stereocenters. The van der Waals surface area contributed by atoms with Gasteiger partial charge in [-0.15, -0.1) is 0 Å². The number of aromatic nitrogens is 2. The highest BCUT2D eigenvalue weighted by atomic mass is 35.5. The van der Waals surface area contributed by atoms with Crippen molar-refractivity contribution in [3.05, 3.63) is 35.2 Å². The highest BCUT2D eigenvalue weighted by Gasteiger charge is 2.34. The molecule has 0 unspecified atom stereocenters. The molecule has 1 amide bonds. The Kier molecular flexibility index (Phi) is 7.42. The average molecular weight is 485 g/mol. The molecule has 0 bridgehead atoms. The van der Waals surface area contributed by atoms with Gasteiger partial charge in [0, 0.05) is 31.4 Å². The maximum absolute atomic E-state index is 12.8. The molecule has 12 heteroatoms. The third-order valence-electron chi connectivity index (χ3n) is 5.26. The Labute approximate surface area is 191 Å². The first-order valence-electron chi connectivity index (χ1n) is 9.92. The van der Waals surface area contributed by atoms with E-state index in [-0.39, 0.29) is 18.1 Å². The van der Waals surface area contributed by atoms with Crippen molar-refractivity contribution in [2.45, 2.75) is 24.8 Å². The summed E-state index contributed by atoms with van der Waals surface area (Å²) in [7, 11) is -0.538. The number of esters is 1. The molecule has 174 valence electrons. The topological polar surface area (TPSA) is 120 Å². The number of hydrogen-bond acceptors (Lipinski definition) is 7. The fraction of sp³-hybridized carbons (Fsp3) is 0.450. The van der Waals surface area contributed by atoms with E-state index in [1.54, 1.807) is 30.7 Å². The summed E-state index contributed by atoms with van der Waals surface area (Å²) in [6, 6.07) is 4.76. The SMILES string of the molecule is COc1ccc(Cl)cc1NC(=O)COC(=O)C1CCN(S(=O)(=O)c2cn(C)c(C)n2)CC1. The van der Waals surface area contributed by atoms with Crippen LogP contribution < -0.4 is 10.1 Å². The lowest BCUT2D eigenvalue weighted by atomic mass is 9.98. The van der Waals surface area contributed by atoms with Crippen molar-refractivity contribution in [2.24, 2.45) is 13.0 Å². The summed E-state index contributed by atoms with van der Waals surface area (Å²) in [6.45, 7) is 1.59. The molecule has 1 saturated heterocycles. The fourth-order valence-corrected chi connectivity index (χ4v) is 5.00. The Morgan fingerprint density at radius 3 is 2.56 bits per heavy atom. The number of halogens is 1. The number of amides is 1. The number of ether oxygens (including phenoxy) is 2. The minimum Gasteiger partial charge on any atom is -0.495 e. The summed E-state index contributed by atoms with van der Waals surface area (Å²) in [5.74, 6) is -0.546. The highest BCUT2D eigenvalue weighted by Crippen LogP contribution is 2.28. The zero-order chi connectivity index (χ0) is 23.5. The summed E-state index contributed by atoms with van der Waals surface area (Å²) < 4.78 is 38.8. The number of aryl methyl sites for hydroxylation is 2. The predicted octanol–water partition coefficient (Wildman–Crippen LogP) is 1.97. The Bertz CT molecular complexity index is 1090. The predicted molar refractivity (Wildman–Crippen MR) is 117 cm³/mol. The first-order chi connectivity index (χ1) is 15.1. The van der Waals surface area contributed by atoms with Crippen LogP contribution in [0.1, 0.15) is 18.7 Å². The third-order valence-corrected chi connectivity index (χ3v) is 7.26. The van der Waals surface area contributed by atoms with Crippen LogP contribution >= 0.6 is 11.6 Å². The van der Waals surface area contributed by atoms with Crippen molar-refractivity contribution in [1.29, 1.82) is 0 Å². The Morgan fingerprint density at radius 1 is 1.28 bits per heavy atom. The molecule has 32 heavy (non-hydrogen) atoms. The van der Waals surface area contributed by atoms with Crippen molar-refractivity contribution >= 4 is 39.2 Å². The summed E-state index contributed by atoms with van der Waals surface area (Å²) in [5, 5.41) is 3.00. The van der Waals surface area contributed by atoms with E-state index in [4.69, 9.17) is 21.1 Å². The molecule has 1 aliphatic heterocycles. The van der Waals surface area contributed by atoms with E-state index in [9.17, 15) is 18.0 Å². The van der Waals surface area contributed by atoms with Gasteiger partial charge in [0.2, 0.25) is 0 Å². The summed E-state index contributed by atoms with van der Waals surface area (Å²) >= 11 is 5.93. The van der Waals surface area contributed by atoms with Crippen LogP contribution in [0.25, 0.3) is 0 Å². The van der Waals surface area contributed by atoms with Gasteiger partial charge in [-0.2, -0.15) is 4.31 Å². The maximum Gasteiger partial charge on any atom is 0.309 e. The van der Waals surface area contributed by atoms with E-state index in [0.717, 1.165) is 0 Å². The van der Waals surface area contributed by atoms with Crippen molar-refractivity contribution in [1.82, 2.24) is 13.9 Å². The number of methoxy groups -OCH3 is 1. The van der Waals surface area contributed by atoms with E-state index in [2.05, 4.69) is 10.3 Å². The monoisotopic (exact) mass is 484 g/mol. The van der Waals surface area contributed by atoms with Gasteiger partial charge < -0.3 is 19.4 Å². The molecule has 1 N–H and O–H groups in total. The van der Waals surface area contributed by atoms with E-state index in [1.165, 1.54) is 23.7 Å². The molecule has 0 radical (unpaired) electrons. The number of imidazole rings is 1. The van der Waals surface area contributed by atoms with Crippen LogP contribution in [-0.4, -0.2) is 61.0 Å². The van der Waals surface area contributed by atoms with Gasteiger partial charge >= 0.3 is 5.97 Å². The van der Waals surface area contributed by atoms with Gasteiger partial charge in [0.05, 0.1) is 18.7 Å². The summed E-state index contributed by atoms with van der Waals surface area (Å²) in [6.07, 6.45) is 2.07. The number of hydrogen-bond donors (Lipinski definition) is 1. The van der Waals surface area contributed by atoms with Crippen LogP contribution in [0, 0.1) is 12.8 Å². The lowest BCUT2D eigenvalue weighted by Crippen LogP contribution is -2.41. The van der Waals surface area contributed by atoms with E-state index < -0.39 is 34.4 Å². The maximum atomic E-state index is 12.8. The molecule has 1 aromatic heterocycles. The molecule has 10 nitrogen and oxygen atoms in total. The number of carbonyl (C=O) groups excluding carboxylic acids is 2. The number of nitrogens with zero attached hydrogens (tertiary/aromatic N) is 3. The highest BCUT2D eigenvalue weighted by molar-refractivity contribution is 7.89. The number of piperidine rings is 1. The second kappa shape index (κ2) is 9.88. The second-order valence-corrected chi connectivity index (χ2v) is 9.74. The normalized spacial score (nSPS) is 15.4. The van der Waals surface area contributed by atoms with Crippen molar-refractivity contribution in [3.8, 4) is 5.75 Å². The molecule has 0 aliphatic carbocycles. The molecule has 0 saturated carbocycles. The molecular weight excluding hydrogens is 460 g/mol. The van der Waals surface area contributed by atoms with Crippen molar-refractivity contribution in [3.63, 3.8) is 0 Å². The zero-order valence-electron chi connectivity index (χ0n) is 18.0. The molecule has 2 heterocycles. The summed E-state index contributed by atoms with van der Waals surface area (Å²) in [5.41, 5.74) is 0.365. The van der Waals surface area contributed by atoms with Gasteiger partial charge in [-0.25, -0.2) is 13.4 Å². The average Bonchev–Trinajstić information content (AvgIpc) is 3.11. The van der Waals surface area contributed by atoms with Gasteiger partial charge in [0.25, 0.3) is 15.9 Å². The number of rotatable bonds is 7. The molecule has 1 fully saturated rings. The number of benzene rings is 1. The second-order valence-electron chi connectivity index (χ2n) is 7.42. The van der Waals surface area contributed by atoms with Gasteiger partial charge in [-0.1, -0.05) is 11.6 Å². The molecular formula is C20H25ClN4O6S. The van der Waals surface area contributed by atoms with Crippen molar-refractivity contribution < 1.29 is 27.5 Å². The Morgan fingerprint density at radius 2 is 1.97 bits per heavy atom. The number of carbonyl (C=O) groups is 2. The number of sulfonamides is 1. The summed E-state index contributed by atoms with van der Waals surface area (Å²) in [4.78, 5) is 28.6. The Balaban J connectivity index is 1.50. The molecule has 3 rings (SSSR count). The van der Waals surface area contributed by atoms with Crippen LogP contribution in [0.4, 0.5) is 5.69 Å². The standard InChI is InChI=1S/C20H25ClN4O6S/c1-13-22-19(11-24(13)2)32(28,29)25-8-6-14(7-9-25)20(27)31-12-18(26)23-16-10-15(21)4-5-17(16)30-3/h4-5,10-11,14H,6-9,12H2,1-3H3,(H,23,26). The van der Waals surface area contributed by atoms with Gasteiger partial charge in [0.15, 0.2) is 11.6 Å². The first kappa shape index (κ1) is 24.0. The lowest BCUT2D eigenvalue weighted by Gasteiger charge is -2.29. The number of anilines is 1. The van der Waals surface area contributed by atoms with Crippen LogP contribution in [0.15, 0.2) is 29.4 Å². The minimum atomic E-state index is -3.72. The third kappa shape index (κ3) is 5.40.